The first-order valence-corrected chi connectivity index (χ1v) is 3.09. The fourth-order valence-corrected chi connectivity index (χ4v) is 0.822. The molecule has 1 radical (unpaired) electrons. The minimum atomic E-state index is -4.19. The van der Waals surface area contributed by atoms with E-state index < -0.39 is 18.7 Å². The van der Waals surface area contributed by atoms with Crippen LogP contribution in [0.15, 0.2) is 5.16 Å². The Hall–Kier alpha value is -0.740. The normalized spacial score (nSPS) is 24.7. The number of hydrogen-bond acceptors (Lipinski definition) is 2. The van der Waals surface area contributed by atoms with Crippen LogP contribution in [-0.4, -0.2) is 18.0 Å². The molecule has 0 aliphatic carbocycles. The molecule has 0 N–H and O–H groups in total. The van der Waals surface area contributed by atoms with E-state index in [1.807, 2.05) is 0 Å². The Morgan fingerprint density at radius 3 is 2.64 bits per heavy atom. The van der Waals surface area contributed by atoms with Gasteiger partial charge in [0.2, 0.25) is 0 Å². The third-order valence-electron chi connectivity index (χ3n) is 1.20. The number of oxime groups is 1. The van der Waals surface area contributed by atoms with E-state index in [1.165, 1.54) is 0 Å². The van der Waals surface area contributed by atoms with Crippen molar-refractivity contribution in [1.29, 1.82) is 0 Å². The standard InChI is InChI=1S/C6H7F3NO/c1-4-2-5(10-11-4)3-6(7,8)9/h4H,1-3H2. The van der Waals surface area contributed by atoms with E-state index in [1.54, 1.807) is 0 Å². The van der Waals surface area contributed by atoms with Crippen molar-refractivity contribution in [3.63, 3.8) is 0 Å². The van der Waals surface area contributed by atoms with Crippen LogP contribution in [0.4, 0.5) is 13.2 Å². The summed E-state index contributed by atoms with van der Waals surface area (Å²) < 4.78 is 35.0. The van der Waals surface area contributed by atoms with Gasteiger partial charge in [0.25, 0.3) is 0 Å². The zero-order valence-corrected chi connectivity index (χ0v) is 5.69. The van der Waals surface area contributed by atoms with Crippen LogP contribution in [0, 0.1) is 6.92 Å². The Kier molecular flexibility index (Phi) is 2.06. The third kappa shape index (κ3) is 2.78. The predicted molar refractivity (Wildman–Crippen MR) is 33.0 cm³/mol. The molecule has 1 rings (SSSR count). The molecule has 1 atom stereocenters. The summed E-state index contributed by atoms with van der Waals surface area (Å²) >= 11 is 0. The van der Waals surface area contributed by atoms with Gasteiger partial charge in [0.05, 0.1) is 12.1 Å². The second kappa shape index (κ2) is 2.71. The number of rotatable bonds is 1. The van der Waals surface area contributed by atoms with E-state index in [9.17, 15) is 13.2 Å². The highest BCUT2D eigenvalue weighted by Gasteiger charge is 2.32. The van der Waals surface area contributed by atoms with Crippen molar-refractivity contribution in [2.45, 2.75) is 25.1 Å². The topological polar surface area (TPSA) is 21.6 Å². The molecule has 0 aromatic rings. The van der Waals surface area contributed by atoms with Crippen LogP contribution in [0.1, 0.15) is 12.8 Å². The van der Waals surface area contributed by atoms with Gasteiger partial charge in [-0.05, 0) is 6.92 Å². The monoisotopic (exact) mass is 166 g/mol. The van der Waals surface area contributed by atoms with E-state index in [-0.39, 0.29) is 12.1 Å². The summed E-state index contributed by atoms with van der Waals surface area (Å²) in [6.07, 6.45) is -5.45. The largest absolute Gasteiger partial charge is 0.394 e. The lowest BCUT2D eigenvalue weighted by Crippen LogP contribution is -2.14. The van der Waals surface area contributed by atoms with Crippen LogP contribution in [0.5, 0.6) is 0 Å². The molecule has 0 spiro atoms. The van der Waals surface area contributed by atoms with Gasteiger partial charge < -0.3 is 4.84 Å². The Balaban J connectivity index is 2.40. The number of nitrogens with zero attached hydrogens (tertiary/aromatic N) is 1. The second-order valence-electron chi connectivity index (χ2n) is 2.38. The molecule has 0 saturated heterocycles. The first kappa shape index (κ1) is 8.36. The van der Waals surface area contributed by atoms with Crippen molar-refractivity contribution in [3.05, 3.63) is 6.92 Å². The molecular formula is C6H7F3NO. The first-order valence-electron chi connectivity index (χ1n) is 3.09. The summed E-state index contributed by atoms with van der Waals surface area (Å²) in [6.45, 7) is 3.41. The van der Waals surface area contributed by atoms with Crippen molar-refractivity contribution in [3.8, 4) is 0 Å². The molecule has 1 unspecified atom stereocenters. The maximum absolute atomic E-state index is 11.7. The zero-order chi connectivity index (χ0) is 8.48. The van der Waals surface area contributed by atoms with Crippen molar-refractivity contribution >= 4 is 5.71 Å². The average molecular weight is 166 g/mol. The van der Waals surface area contributed by atoms with Gasteiger partial charge >= 0.3 is 6.18 Å². The van der Waals surface area contributed by atoms with Crippen LogP contribution in [0.25, 0.3) is 0 Å². The molecule has 0 saturated carbocycles. The van der Waals surface area contributed by atoms with E-state index in [0.29, 0.717) is 0 Å². The van der Waals surface area contributed by atoms with Crippen molar-refractivity contribution in [1.82, 2.24) is 0 Å². The highest BCUT2D eigenvalue weighted by molar-refractivity contribution is 5.86. The second-order valence-corrected chi connectivity index (χ2v) is 2.38. The molecule has 0 bridgehead atoms. The molecule has 1 aliphatic rings. The molecule has 2 nitrogen and oxygen atoms in total. The Bertz CT molecular complexity index is 175. The molecule has 1 aliphatic heterocycles. The Morgan fingerprint density at radius 2 is 2.27 bits per heavy atom. The van der Waals surface area contributed by atoms with E-state index in [0.717, 1.165) is 0 Å². The molecule has 63 valence electrons. The molecule has 11 heavy (non-hydrogen) atoms. The van der Waals surface area contributed by atoms with Gasteiger partial charge in [-0.15, -0.1) is 0 Å². The minimum Gasteiger partial charge on any atom is -0.392 e. The predicted octanol–water partition coefficient (Wildman–Crippen LogP) is 1.92. The molecule has 0 aromatic heterocycles. The highest BCUT2D eigenvalue weighted by Crippen LogP contribution is 2.24. The van der Waals surface area contributed by atoms with Crippen LogP contribution in [0.2, 0.25) is 0 Å². The summed E-state index contributed by atoms with van der Waals surface area (Å²) in [4.78, 5) is 4.49. The summed E-state index contributed by atoms with van der Waals surface area (Å²) in [5.74, 6) is 0. The maximum atomic E-state index is 11.7. The molecule has 0 aromatic carbocycles. The minimum absolute atomic E-state index is 0.0255. The summed E-state index contributed by atoms with van der Waals surface area (Å²) in [5.41, 5.74) is 0.0255. The van der Waals surface area contributed by atoms with Crippen LogP contribution < -0.4 is 0 Å². The lowest BCUT2D eigenvalue weighted by molar-refractivity contribution is -0.121. The lowest BCUT2D eigenvalue weighted by atomic mass is 10.1. The van der Waals surface area contributed by atoms with Gasteiger partial charge in [0.1, 0.15) is 6.10 Å². The van der Waals surface area contributed by atoms with Gasteiger partial charge in [-0.1, -0.05) is 5.16 Å². The summed E-state index contributed by atoms with van der Waals surface area (Å²) in [6, 6.07) is 0. The molecule has 5 heteroatoms. The van der Waals surface area contributed by atoms with E-state index in [2.05, 4.69) is 16.9 Å². The average Bonchev–Trinajstić information content (AvgIpc) is 2.10. The molecule has 0 amide bonds. The quantitative estimate of drug-likeness (QED) is 0.583. The highest BCUT2D eigenvalue weighted by atomic mass is 19.4. The van der Waals surface area contributed by atoms with Crippen LogP contribution in [-0.2, 0) is 4.84 Å². The molecule has 0 fully saturated rings. The fourth-order valence-electron chi connectivity index (χ4n) is 0.822. The molecular weight excluding hydrogens is 159 g/mol. The third-order valence-corrected chi connectivity index (χ3v) is 1.20. The fraction of sp³-hybridized carbons (Fsp3) is 0.667. The Morgan fingerprint density at radius 1 is 1.64 bits per heavy atom. The van der Waals surface area contributed by atoms with E-state index in [4.69, 9.17) is 0 Å². The van der Waals surface area contributed by atoms with Crippen LogP contribution in [0.3, 0.4) is 0 Å². The van der Waals surface area contributed by atoms with Gasteiger partial charge in [-0.3, -0.25) is 0 Å². The van der Waals surface area contributed by atoms with Crippen molar-refractivity contribution < 1.29 is 18.0 Å². The zero-order valence-electron chi connectivity index (χ0n) is 5.69. The number of alkyl halides is 3. The first-order chi connectivity index (χ1) is 4.97. The Labute approximate surface area is 62.0 Å². The lowest BCUT2D eigenvalue weighted by Gasteiger charge is -2.03. The van der Waals surface area contributed by atoms with Gasteiger partial charge in [-0.25, -0.2) is 0 Å². The number of hydrogen-bond donors (Lipinski definition) is 0. The summed E-state index contributed by atoms with van der Waals surface area (Å²) in [5, 5.41) is 3.24. The van der Waals surface area contributed by atoms with Crippen molar-refractivity contribution in [2.75, 3.05) is 0 Å². The number of halogens is 3. The maximum Gasteiger partial charge on any atom is 0.394 e. The smallest absolute Gasteiger partial charge is 0.392 e. The van der Waals surface area contributed by atoms with Crippen LogP contribution >= 0.6 is 0 Å². The SMILES string of the molecule is [CH2]C1CC(CC(F)(F)F)=NO1. The van der Waals surface area contributed by atoms with Gasteiger partial charge in [0, 0.05) is 6.42 Å². The van der Waals surface area contributed by atoms with Gasteiger partial charge in [0.15, 0.2) is 0 Å². The molecule has 1 heterocycles. The van der Waals surface area contributed by atoms with Crippen molar-refractivity contribution in [2.24, 2.45) is 5.16 Å². The van der Waals surface area contributed by atoms with Gasteiger partial charge in [-0.2, -0.15) is 13.2 Å². The summed E-state index contributed by atoms with van der Waals surface area (Å²) in [7, 11) is 0. The van der Waals surface area contributed by atoms with E-state index >= 15 is 0 Å².